The van der Waals surface area contributed by atoms with Crippen LogP contribution in [0.5, 0.6) is 11.6 Å². The normalized spacial score (nSPS) is 12.7. The molecule has 2 aromatic heterocycles. The first-order chi connectivity index (χ1) is 16.8. The molecule has 4 aromatic rings. The number of rotatable bonds is 12. The number of hydrogen-bond donors (Lipinski definition) is 4. The molecule has 4 rings (SSSR count). The van der Waals surface area contributed by atoms with Gasteiger partial charge in [0.25, 0.3) is 10.0 Å². The molecule has 0 fully saturated rings. The third-order valence-electron chi connectivity index (χ3n) is 4.95. The van der Waals surface area contributed by atoms with Crippen LogP contribution < -0.4 is 19.5 Å². The molecular formula is C22H22F2N4O5S2. The first-order valence-electron chi connectivity index (χ1n) is 10.4. The Hall–Kier alpha value is -3.26. The molecule has 9 nitrogen and oxygen atoms in total. The fourth-order valence-corrected chi connectivity index (χ4v) is 5.43. The Morgan fingerprint density at radius 2 is 2.00 bits per heavy atom. The molecule has 35 heavy (non-hydrogen) atoms. The Balaban J connectivity index is 1.28. The Morgan fingerprint density at radius 3 is 2.77 bits per heavy atom. The number of thiophene rings is 1. The molecule has 1 unspecified atom stereocenters. The molecule has 1 atom stereocenters. The van der Waals surface area contributed by atoms with Crippen LogP contribution in [0.4, 0.5) is 14.5 Å². The average Bonchev–Trinajstić information content (AvgIpc) is 3.50. The van der Waals surface area contributed by atoms with Crippen molar-refractivity contribution in [1.82, 2.24) is 15.5 Å². The van der Waals surface area contributed by atoms with Gasteiger partial charge in [0.05, 0.1) is 27.6 Å². The Bertz CT molecular complexity index is 1360. The van der Waals surface area contributed by atoms with Crippen molar-refractivity contribution in [2.45, 2.75) is 17.6 Å². The monoisotopic (exact) mass is 524 g/mol. The van der Waals surface area contributed by atoms with Crippen molar-refractivity contribution in [3.05, 3.63) is 64.9 Å². The summed E-state index contributed by atoms with van der Waals surface area (Å²) in [7, 11) is -3.75. The highest BCUT2D eigenvalue weighted by Crippen LogP contribution is 2.28. The van der Waals surface area contributed by atoms with Crippen LogP contribution >= 0.6 is 11.3 Å². The van der Waals surface area contributed by atoms with E-state index in [4.69, 9.17) is 4.74 Å². The maximum atomic E-state index is 12.5. The van der Waals surface area contributed by atoms with E-state index in [1.54, 1.807) is 47.8 Å². The van der Waals surface area contributed by atoms with Crippen LogP contribution in [0.1, 0.15) is 11.7 Å². The highest BCUT2D eigenvalue weighted by atomic mass is 32.2. The second kappa shape index (κ2) is 11.0. The topological polar surface area (TPSA) is 126 Å². The molecule has 186 valence electrons. The summed E-state index contributed by atoms with van der Waals surface area (Å²) >= 11 is 1.28. The fraction of sp³-hybridized carbons (Fsp3) is 0.227. The standard InChI is InChI=1S/C22H22F2N4O5S2/c23-22(24)33-21-17-6-5-14(11-19(17)26-27-21)32-9-8-25-12-20(29)16-3-1-2-4-18(16)28-35(30,31)15-7-10-34-13-15/h1-7,10-11,13,20,22,25,28-29H,8-9,12H2,(H,26,27). The number of nitrogens with zero attached hydrogens (tertiary/aromatic N) is 1. The second-order valence-electron chi connectivity index (χ2n) is 7.33. The van der Waals surface area contributed by atoms with E-state index in [0.717, 1.165) is 0 Å². The number of aliphatic hydroxyl groups is 1. The lowest BCUT2D eigenvalue weighted by atomic mass is 10.1. The van der Waals surface area contributed by atoms with E-state index in [0.29, 0.717) is 34.4 Å². The minimum absolute atomic E-state index is 0.160. The van der Waals surface area contributed by atoms with Gasteiger partial charge in [-0.05, 0) is 29.6 Å². The number of aromatic amines is 1. The molecule has 0 aliphatic heterocycles. The number of hydrogen-bond acceptors (Lipinski definition) is 8. The number of nitrogens with one attached hydrogen (secondary N) is 3. The van der Waals surface area contributed by atoms with Crippen LogP contribution in [-0.2, 0) is 10.0 Å². The van der Waals surface area contributed by atoms with E-state index in [-0.39, 0.29) is 23.9 Å². The van der Waals surface area contributed by atoms with Crippen molar-refractivity contribution >= 4 is 38.0 Å². The predicted octanol–water partition coefficient (Wildman–Crippen LogP) is 3.73. The Kier molecular flexibility index (Phi) is 7.80. The van der Waals surface area contributed by atoms with Crippen molar-refractivity contribution in [3.63, 3.8) is 0 Å². The van der Waals surface area contributed by atoms with Gasteiger partial charge in [-0.15, -0.1) is 5.10 Å². The number of fused-ring (bicyclic) bond motifs is 1. The zero-order valence-corrected chi connectivity index (χ0v) is 19.8. The lowest BCUT2D eigenvalue weighted by Crippen LogP contribution is -2.26. The summed E-state index contributed by atoms with van der Waals surface area (Å²) in [6.45, 7) is -2.15. The van der Waals surface area contributed by atoms with Gasteiger partial charge in [-0.1, -0.05) is 18.2 Å². The average molecular weight is 525 g/mol. The third kappa shape index (κ3) is 6.25. The van der Waals surface area contributed by atoms with Crippen molar-refractivity contribution in [2.24, 2.45) is 0 Å². The van der Waals surface area contributed by atoms with Crippen molar-refractivity contribution in [1.29, 1.82) is 0 Å². The SMILES string of the molecule is O=S(=O)(Nc1ccccc1C(O)CNCCOc1ccc2c(OC(F)F)n[nH]c2c1)c1ccsc1. The summed E-state index contributed by atoms with van der Waals surface area (Å²) in [5.74, 6) is 0.315. The van der Waals surface area contributed by atoms with Crippen molar-refractivity contribution in [2.75, 3.05) is 24.4 Å². The maximum absolute atomic E-state index is 12.5. The number of halogens is 2. The summed E-state index contributed by atoms with van der Waals surface area (Å²) in [5, 5.41) is 23.6. The number of aromatic nitrogens is 2. The predicted molar refractivity (Wildman–Crippen MR) is 128 cm³/mol. The van der Waals surface area contributed by atoms with Crippen LogP contribution in [0.25, 0.3) is 10.9 Å². The van der Waals surface area contributed by atoms with E-state index in [1.807, 2.05) is 0 Å². The van der Waals surface area contributed by atoms with Crippen LogP contribution in [0.15, 0.2) is 64.2 Å². The second-order valence-corrected chi connectivity index (χ2v) is 9.80. The zero-order chi connectivity index (χ0) is 24.8. The number of ether oxygens (including phenoxy) is 2. The number of anilines is 1. The molecule has 2 heterocycles. The van der Waals surface area contributed by atoms with E-state index in [2.05, 4.69) is 25.0 Å². The molecule has 0 aliphatic carbocycles. The number of sulfonamides is 1. The van der Waals surface area contributed by atoms with Crippen LogP contribution in [-0.4, -0.2) is 50.0 Å². The summed E-state index contributed by atoms with van der Waals surface area (Å²) in [4.78, 5) is 0.160. The first kappa shape index (κ1) is 24.9. The third-order valence-corrected chi connectivity index (χ3v) is 7.15. The molecule has 4 N–H and O–H groups in total. The van der Waals surface area contributed by atoms with E-state index < -0.39 is 22.7 Å². The highest BCUT2D eigenvalue weighted by molar-refractivity contribution is 7.92. The van der Waals surface area contributed by atoms with Crippen LogP contribution in [0.3, 0.4) is 0 Å². The molecule has 0 spiro atoms. The lowest BCUT2D eigenvalue weighted by molar-refractivity contribution is -0.0518. The number of para-hydroxylation sites is 1. The molecule has 2 aromatic carbocycles. The van der Waals surface area contributed by atoms with Gasteiger partial charge in [0.1, 0.15) is 12.4 Å². The fourth-order valence-electron chi connectivity index (χ4n) is 3.32. The maximum Gasteiger partial charge on any atom is 0.388 e. The molecule has 0 saturated heterocycles. The molecule has 0 amide bonds. The Morgan fingerprint density at radius 1 is 1.17 bits per heavy atom. The minimum Gasteiger partial charge on any atom is -0.492 e. The molecule has 0 saturated carbocycles. The van der Waals surface area contributed by atoms with Gasteiger partial charge in [-0.2, -0.15) is 20.1 Å². The number of H-pyrrole nitrogens is 1. The molecule has 0 bridgehead atoms. The van der Waals surface area contributed by atoms with Gasteiger partial charge in [-0.25, -0.2) is 8.42 Å². The largest absolute Gasteiger partial charge is 0.492 e. The first-order valence-corrected chi connectivity index (χ1v) is 12.8. The van der Waals surface area contributed by atoms with Gasteiger partial charge in [-0.3, -0.25) is 9.82 Å². The van der Waals surface area contributed by atoms with Crippen LogP contribution in [0.2, 0.25) is 0 Å². The molecular weight excluding hydrogens is 502 g/mol. The summed E-state index contributed by atoms with van der Waals surface area (Å²) < 4.78 is 62.4. The lowest BCUT2D eigenvalue weighted by Gasteiger charge is -2.17. The highest BCUT2D eigenvalue weighted by Gasteiger charge is 2.19. The quantitative estimate of drug-likeness (QED) is 0.208. The number of benzene rings is 2. The van der Waals surface area contributed by atoms with Gasteiger partial charge >= 0.3 is 6.61 Å². The van der Waals surface area contributed by atoms with Gasteiger partial charge in [0.2, 0.25) is 5.88 Å². The van der Waals surface area contributed by atoms with Crippen molar-refractivity contribution in [3.8, 4) is 11.6 Å². The minimum atomic E-state index is -3.75. The zero-order valence-electron chi connectivity index (χ0n) is 18.1. The van der Waals surface area contributed by atoms with Gasteiger partial charge < -0.3 is 19.9 Å². The molecule has 0 aliphatic rings. The smallest absolute Gasteiger partial charge is 0.388 e. The summed E-state index contributed by atoms with van der Waals surface area (Å²) in [5.41, 5.74) is 1.22. The molecule has 0 radical (unpaired) electrons. The van der Waals surface area contributed by atoms with E-state index in [9.17, 15) is 22.3 Å². The Labute approximate surface area is 203 Å². The van der Waals surface area contributed by atoms with Gasteiger partial charge in [0.15, 0.2) is 0 Å². The number of alkyl halides is 2. The van der Waals surface area contributed by atoms with Gasteiger partial charge in [0, 0.05) is 30.1 Å². The number of aliphatic hydroxyl groups excluding tert-OH is 1. The molecule has 13 heteroatoms. The van der Waals surface area contributed by atoms with Crippen LogP contribution in [0, 0.1) is 0 Å². The summed E-state index contributed by atoms with van der Waals surface area (Å²) in [6, 6.07) is 12.9. The summed E-state index contributed by atoms with van der Waals surface area (Å²) in [6.07, 6.45) is -0.967. The van der Waals surface area contributed by atoms with E-state index >= 15 is 0 Å². The van der Waals surface area contributed by atoms with E-state index in [1.165, 1.54) is 22.8 Å². The van der Waals surface area contributed by atoms with Crippen molar-refractivity contribution < 1.29 is 31.8 Å².